The number of alkyl halides is 2. The number of aromatic hydroxyl groups is 1. The maximum Gasteiger partial charge on any atom is 0.280 e. The fourth-order valence-electron chi connectivity index (χ4n) is 3.12. The van der Waals surface area contributed by atoms with E-state index in [1.165, 1.54) is 18.2 Å². The molecule has 9 heteroatoms. The Balaban J connectivity index is 2.38. The van der Waals surface area contributed by atoms with Crippen LogP contribution in [0.2, 0.25) is 0 Å². The topological polar surface area (TPSA) is 124 Å². The molecule has 0 aliphatic heterocycles. The summed E-state index contributed by atoms with van der Waals surface area (Å²) in [4.78, 5) is 28.9. The Bertz CT molecular complexity index is 1170. The number of hydrogen-bond acceptors (Lipinski definition) is 5. The first-order valence-electron chi connectivity index (χ1n) is 8.52. The van der Waals surface area contributed by atoms with Crippen molar-refractivity contribution in [3.05, 3.63) is 69.3 Å². The third-order valence-electron chi connectivity index (χ3n) is 4.65. The number of aromatic nitrogens is 2. The molecule has 3 aromatic rings. The number of halogens is 2. The van der Waals surface area contributed by atoms with Gasteiger partial charge < -0.3 is 16.6 Å². The highest BCUT2D eigenvalue weighted by molar-refractivity contribution is 5.98. The maximum absolute atomic E-state index is 13.3. The fraction of sp³-hybridized carbons (Fsp3) is 0.150. The number of carbonyl (C=O) groups is 1. The number of aryl methyl sites for hydroxylation is 1. The van der Waals surface area contributed by atoms with Gasteiger partial charge in [0.25, 0.3) is 17.9 Å². The van der Waals surface area contributed by atoms with Crippen LogP contribution >= 0.6 is 0 Å². The molecule has 7 nitrogen and oxygen atoms in total. The number of rotatable bonds is 4. The lowest BCUT2D eigenvalue weighted by Crippen LogP contribution is -2.28. The zero-order valence-corrected chi connectivity index (χ0v) is 15.6. The SMILES string of the molecule is Cc1ccc(O)c(C)c1-n1c(N)c(C(N)=O)cc(-c2ccc(C(F)F)nc2)c1=O. The number of hydrogen-bond donors (Lipinski definition) is 3. The highest BCUT2D eigenvalue weighted by Gasteiger charge is 2.21. The number of nitrogens with two attached hydrogens (primary N) is 2. The van der Waals surface area contributed by atoms with Gasteiger partial charge in [0, 0.05) is 17.3 Å². The van der Waals surface area contributed by atoms with Gasteiger partial charge in [-0.1, -0.05) is 12.1 Å². The predicted octanol–water partition coefficient (Wildman–Crippen LogP) is 2.84. The van der Waals surface area contributed by atoms with E-state index in [4.69, 9.17) is 11.5 Å². The van der Waals surface area contributed by atoms with E-state index in [1.54, 1.807) is 19.9 Å². The number of nitrogen functional groups attached to an aromatic ring is 1. The first-order chi connectivity index (χ1) is 13.6. The lowest BCUT2D eigenvalue weighted by Gasteiger charge is -2.19. The van der Waals surface area contributed by atoms with E-state index >= 15 is 0 Å². The molecule has 0 atom stereocenters. The number of pyridine rings is 2. The molecule has 0 bridgehead atoms. The van der Waals surface area contributed by atoms with Crippen LogP contribution in [0.4, 0.5) is 14.6 Å². The summed E-state index contributed by atoms with van der Waals surface area (Å²) in [6, 6.07) is 6.68. The standard InChI is InChI=1S/C20H18F2N4O3/c1-9-3-6-15(27)10(2)16(9)26-18(23)13(19(24)28)7-12(20(26)29)11-4-5-14(17(21)22)25-8-11/h3-8,17,27H,23H2,1-2H3,(H2,24,28). The van der Waals surface area contributed by atoms with Crippen LogP contribution in [-0.4, -0.2) is 20.6 Å². The van der Waals surface area contributed by atoms with Crippen molar-refractivity contribution in [2.45, 2.75) is 20.3 Å². The number of anilines is 1. The number of amides is 1. The Morgan fingerprint density at radius 3 is 2.45 bits per heavy atom. The summed E-state index contributed by atoms with van der Waals surface area (Å²) < 4.78 is 26.7. The molecule has 150 valence electrons. The first-order valence-corrected chi connectivity index (χ1v) is 8.52. The number of benzene rings is 1. The van der Waals surface area contributed by atoms with Gasteiger partial charge in [-0.2, -0.15) is 0 Å². The number of phenolic OH excluding ortho intramolecular Hbond substituents is 1. The summed E-state index contributed by atoms with van der Waals surface area (Å²) in [5.41, 5.74) is 11.8. The van der Waals surface area contributed by atoms with Crippen molar-refractivity contribution in [2.24, 2.45) is 5.73 Å². The van der Waals surface area contributed by atoms with Crippen molar-refractivity contribution in [3.63, 3.8) is 0 Å². The molecule has 1 amide bonds. The van der Waals surface area contributed by atoms with Crippen molar-refractivity contribution in [1.82, 2.24) is 9.55 Å². The molecule has 1 aromatic carbocycles. The van der Waals surface area contributed by atoms with Crippen molar-refractivity contribution in [3.8, 4) is 22.6 Å². The number of nitrogens with zero attached hydrogens (tertiary/aromatic N) is 2. The van der Waals surface area contributed by atoms with Gasteiger partial charge >= 0.3 is 0 Å². The summed E-state index contributed by atoms with van der Waals surface area (Å²) in [5.74, 6) is -1.13. The minimum atomic E-state index is -2.76. The zero-order chi connectivity index (χ0) is 21.5. The molecule has 2 aromatic heterocycles. The molecular weight excluding hydrogens is 382 g/mol. The van der Waals surface area contributed by atoms with E-state index in [0.29, 0.717) is 16.8 Å². The second kappa shape index (κ2) is 7.34. The minimum absolute atomic E-state index is 0.00320. The summed E-state index contributed by atoms with van der Waals surface area (Å²) in [5, 5.41) is 10.1. The Labute approximate surface area is 164 Å². The molecule has 0 saturated heterocycles. The highest BCUT2D eigenvalue weighted by Crippen LogP contribution is 2.30. The second-order valence-electron chi connectivity index (χ2n) is 6.51. The van der Waals surface area contributed by atoms with Gasteiger partial charge in [0.1, 0.15) is 17.3 Å². The molecule has 29 heavy (non-hydrogen) atoms. The lowest BCUT2D eigenvalue weighted by molar-refractivity contribution is 0.100. The normalized spacial score (nSPS) is 11.1. The van der Waals surface area contributed by atoms with Gasteiger partial charge in [0.15, 0.2) is 0 Å². The Kier molecular flexibility index (Phi) is 5.06. The van der Waals surface area contributed by atoms with Gasteiger partial charge in [0.2, 0.25) is 0 Å². The monoisotopic (exact) mass is 400 g/mol. The molecular formula is C20H18F2N4O3. The molecule has 0 radical (unpaired) electrons. The van der Waals surface area contributed by atoms with Crippen molar-refractivity contribution < 1.29 is 18.7 Å². The Hall–Kier alpha value is -3.75. The second-order valence-corrected chi connectivity index (χ2v) is 6.51. The quantitative estimate of drug-likeness (QED) is 0.621. The van der Waals surface area contributed by atoms with E-state index in [1.807, 2.05) is 0 Å². The van der Waals surface area contributed by atoms with E-state index in [0.717, 1.165) is 16.8 Å². The summed E-state index contributed by atoms with van der Waals surface area (Å²) in [6.07, 6.45) is -1.64. The molecule has 0 saturated carbocycles. The van der Waals surface area contributed by atoms with Gasteiger partial charge in [0.05, 0.1) is 16.8 Å². The summed E-state index contributed by atoms with van der Waals surface area (Å²) in [7, 11) is 0. The van der Waals surface area contributed by atoms with Gasteiger partial charge in [-0.05, 0) is 37.6 Å². The van der Waals surface area contributed by atoms with Crippen LogP contribution in [0.25, 0.3) is 16.8 Å². The number of carbonyl (C=O) groups excluding carboxylic acids is 1. The van der Waals surface area contributed by atoms with Crippen LogP contribution in [0.15, 0.2) is 41.3 Å². The van der Waals surface area contributed by atoms with Crippen LogP contribution in [0, 0.1) is 13.8 Å². The van der Waals surface area contributed by atoms with Gasteiger partial charge in [-0.25, -0.2) is 8.78 Å². The van der Waals surface area contributed by atoms with Gasteiger partial charge in [-0.15, -0.1) is 0 Å². The molecule has 0 unspecified atom stereocenters. The smallest absolute Gasteiger partial charge is 0.280 e. The average molecular weight is 400 g/mol. The molecule has 0 aliphatic rings. The lowest BCUT2D eigenvalue weighted by atomic mass is 10.0. The first kappa shape index (κ1) is 20.0. The molecule has 0 spiro atoms. The Morgan fingerprint density at radius 1 is 1.21 bits per heavy atom. The summed E-state index contributed by atoms with van der Waals surface area (Å²) >= 11 is 0. The number of phenols is 1. The number of primary amides is 1. The van der Waals surface area contributed by atoms with E-state index in [-0.39, 0.29) is 28.3 Å². The summed E-state index contributed by atoms with van der Waals surface area (Å²) in [6.45, 7) is 3.31. The van der Waals surface area contributed by atoms with Crippen LogP contribution in [0.5, 0.6) is 5.75 Å². The van der Waals surface area contributed by atoms with Crippen molar-refractivity contribution >= 4 is 11.7 Å². The molecule has 5 N–H and O–H groups in total. The molecule has 3 rings (SSSR count). The van der Waals surface area contributed by atoms with Crippen LogP contribution in [0.3, 0.4) is 0 Å². The fourth-order valence-corrected chi connectivity index (χ4v) is 3.12. The van der Waals surface area contributed by atoms with Crippen LogP contribution < -0.4 is 17.0 Å². The van der Waals surface area contributed by atoms with Crippen molar-refractivity contribution in [2.75, 3.05) is 5.73 Å². The molecule has 2 heterocycles. The van der Waals surface area contributed by atoms with E-state index < -0.39 is 23.6 Å². The minimum Gasteiger partial charge on any atom is -0.508 e. The van der Waals surface area contributed by atoms with E-state index in [2.05, 4.69) is 4.98 Å². The largest absolute Gasteiger partial charge is 0.508 e. The Morgan fingerprint density at radius 2 is 1.90 bits per heavy atom. The highest BCUT2D eigenvalue weighted by atomic mass is 19.3. The zero-order valence-electron chi connectivity index (χ0n) is 15.6. The van der Waals surface area contributed by atoms with Crippen molar-refractivity contribution in [1.29, 1.82) is 0 Å². The maximum atomic E-state index is 13.3. The third-order valence-corrected chi connectivity index (χ3v) is 4.65. The predicted molar refractivity (Wildman–Crippen MR) is 104 cm³/mol. The molecule has 0 aliphatic carbocycles. The average Bonchev–Trinajstić information content (AvgIpc) is 2.67. The van der Waals surface area contributed by atoms with Crippen LogP contribution in [0.1, 0.15) is 33.6 Å². The van der Waals surface area contributed by atoms with E-state index in [9.17, 15) is 23.5 Å². The van der Waals surface area contributed by atoms with Crippen LogP contribution in [-0.2, 0) is 0 Å². The third kappa shape index (κ3) is 3.42. The van der Waals surface area contributed by atoms with Gasteiger partial charge in [-0.3, -0.25) is 19.1 Å². The molecule has 0 fully saturated rings.